The number of nitrogens with zero attached hydrogens (tertiary/aromatic N) is 2. The summed E-state index contributed by atoms with van der Waals surface area (Å²) in [7, 11) is 0. The summed E-state index contributed by atoms with van der Waals surface area (Å²) in [4.78, 5) is 0. The van der Waals surface area contributed by atoms with E-state index in [0.717, 1.165) is 43.0 Å². The van der Waals surface area contributed by atoms with E-state index < -0.39 is 0 Å². The fraction of sp³-hybridized carbons (Fsp3) is 0.357. The van der Waals surface area contributed by atoms with Crippen LogP contribution in [0.5, 0.6) is 0 Å². The van der Waals surface area contributed by atoms with Gasteiger partial charge in [-0.1, -0.05) is 30.3 Å². The number of nitrogen functional groups attached to an aromatic ring is 1. The van der Waals surface area contributed by atoms with E-state index in [-0.39, 0.29) is 0 Å². The highest BCUT2D eigenvalue weighted by Crippen LogP contribution is 2.26. The van der Waals surface area contributed by atoms with Gasteiger partial charge in [0.1, 0.15) is 5.82 Å². The average molecular weight is 242 g/mol. The quantitative estimate of drug-likeness (QED) is 0.847. The topological polar surface area (TPSA) is 55.9 Å². The van der Waals surface area contributed by atoms with Gasteiger partial charge in [-0.05, 0) is 25.9 Å². The molecule has 4 heteroatoms. The maximum absolute atomic E-state index is 6.09. The zero-order valence-corrected chi connectivity index (χ0v) is 10.3. The molecule has 0 unspecified atom stereocenters. The van der Waals surface area contributed by atoms with Gasteiger partial charge in [0, 0.05) is 11.6 Å². The Bertz CT molecular complexity index is 512. The molecule has 4 nitrogen and oxygen atoms in total. The van der Waals surface area contributed by atoms with Gasteiger partial charge < -0.3 is 11.1 Å². The van der Waals surface area contributed by atoms with Gasteiger partial charge in [0.2, 0.25) is 0 Å². The van der Waals surface area contributed by atoms with E-state index in [9.17, 15) is 0 Å². The lowest BCUT2D eigenvalue weighted by atomic mass is 10.1. The molecule has 2 aromatic rings. The summed E-state index contributed by atoms with van der Waals surface area (Å²) in [5, 5.41) is 8.03. The molecule has 2 heterocycles. The van der Waals surface area contributed by atoms with Crippen LogP contribution >= 0.6 is 0 Å². The first-order valence-corrected chi connectivity index (χ1v) is 6.46. The Balaban J connectivity index is 1.91. The van der Waals surface area contributed by atoms with E-state index in [2.05, 4.69) is 22.5 Å². The first-order chi connectivity index (χ1) is 8.84. The van der Waals surface area contributed by atoms with Gasteiger partial charge in [0.05, 0.1) is 11.7 Å². The summed E-state index contributed by atoms with van der Waals surface area (Å²) in [5.41, 5.74) is 8.18. The third kappa shape index (κ3) is 2.11. The van der Waals surface area contributed by atoms with E-state index in [1.807, 2.05) is 28.9 Å². The summed E-state index contributed by atoms with van der Waals surface area (Å²) < 4.78 is 1.99. The zero-order valence-electron chi connectivity index (χ0n) is 10.3. The van der Waals surface area contributed by atoms with E-state index >= 15 is 0 Å². The smallest absolute Gasteiger partial charge is 0.122 e. The maximum atomic E-state index is 6.09. The molecular weight excluding hydrogens is 224 g/mol. The minimum absolute atomic E-state index is 0.434. The van der Waals surface area contributed by atoms with Gasteiger partial charge in [0.15, 0.2) is 0 Å². The molecule has 0 spiro atoms. The van der Waals surface area contributed by atoms with Crippen molar-refractivity contribution < 1.29 is 0 Å². The Hall–Kier alpha value is -1.81. The number of rotatable bonds is 2. The summed E-state index contributed by atoms with van der Waals surface area (Å²) in [5.74, 6) is 0.765. The first-order valence-electron chi connectivity index (χ1n) is 6.46. The molecule has 1 fully saturated rings. The van der Waals surface area contributed by atoms with Crippen LogP contribution in [0.15, 0.2) is 36.4 Å². The second kappa shape index (κ2) is 4.82. The molecule has 18 heavy (non-hydrogen) atoms. The van der Waals surface area contributed by atoms with Crippen molar-refractivity contribution in [1.29, 1.82) is 0 Å². The second-order valence-corrected chi connectivity index (χ2v) is 4.75. The highest BCUT2D eigenvalue weighted by Gasteiger charge is 2.18. The van der Waals surface area contributed by atoms with Crippen LogP contribution < -0.4 is 11.1 Å². The monoisotopic (exact) mass is 242 g/mol. The van der Waals surface area contributed by atoms with Gasteiger partial charge in [-0.15, -0.1) is 0 Å². The molecule has 94 valence electrons. The van der Waals surface area contributed by atoms with Crippen molar-refractivity contribution in [3.05, 3.63) is 36.4 Å². The molecule has 0 aliphatic carbocycles. The average Bonchev–Trinajstić information content (AvgIpc) is 2.83. The lowest BCUT2D eigenvalue weighted by Gasteiger charge is -2.23. The molecule has 0 radical (unpaired) electrons. The van der Waals surface area contributed by atoms with Gasteiger partial charge in [0.25, 0.3) is 0 Å². The first kappa shape index (κ1) is 11.3. The predicted octanol–water partition coefficient (Wildman–Crippen LogP) is 2.06. The summed E-state index contributed by atoms with van der Waals surface area (Å²) in [6.45, 7) is 2.09. The minimum atomic E-state index is 0.434. The molecule has 1 aromatic carbocycles. The number of piperidine rings is 1. The van der Waals surface area contributed by atoms with Crippen LogP contribution in [-0.2, 0) is 0 Å². The van der Waals surface area contributed by atoms with Crippen LogP contribution in [-0.4, -0.2) is 22.9 Å². The molecule has 1 aliphatic heterocycles. The van der Waals surface area contributed by atoms with E-state index in [0.29, 0.717) is 6.04 Å². The van der Waals surface area contributed by atoms with Crippen molar-refractivity contribution in [2.45, 2.75) is 18.9 Å². The Morgan fingerprint density at radius 1 is 1.17 bits per heavy atom. The number of anilines is 1. The highest BCUT2D eigenvalue weighted by molar-refractivity contribution is 5.62. The standard InChI is InChI=1S/C14H18N4/c15-14-10-13(11-4-2-1-3-5-11)17-18(14)12-6-8-16-9-7-12/h1-5,10,12,16H,6-9,15H2. The number of hydrogen-bond donors (Lipinski definition) is 2. The number of nitrogens with one attached hydrogen (secondary N) is 1. The van der Waals surface area contributed by atoms with Gasteiger partial charge in [-0.2, -0.15) is 5.10 Å². The predicted molar refractivity (Wildman–Crippen MR) is 73.2 cm³/mol. The van der Waals surface area contributed by atoms with Crippen LogP contribution in [0.1, 0.15) is 18.9 Å². The van der Waals surface area contributed by atoms with Gasteiger partial charge >= 0.3 is 0 Å². The van der Waals surface area contributed by atoms with Crippen LogP contribution in [0.25, 0.3) is 11.3 Å². The third-order valence-corrected chi connectivity index (χ3v) is 3.49. The fourth-order valence-corrected chi connectivity index (χ4v) is 2.50. The number of aromatic nitrogens is 2. The normalized spacial score (nSPS) is 16.9. The highest BCUT2D eigenvalue weighted by atomic mass is 15.3. The third-order valence-electron chi connectivity index (χ3n) is 3.49. The molecule has 0 amide bonds. The van der Waals surface area contributed by atoms with Crippen molar-refractivity contribution in [1.82, 2.24) is 15.1 Å². The second-order valence-electron chi connectivity index (χ2n) is 4.75. The largest absolute Gasteiger partial charge is 0.384 e. The molecule has 1 aliphatic rings. The SMILES string of the molecule is Nc1cc(-c2ccccc2)nn1C1CCNCC1. The lowest BCUT2D eigenvalue weighted by Crippen LogP contribution is -2.30. The number of hydrogen-bond acceptors (Lipinski definition) is 3. The van der Waals surface area contributed by atoms with Crippen LogP contribution in [0.3, 0.4) is 0 Å². The van der Waals surface area contributed by atoms with E-state index in [1.54, 1.807) is 0 Å². The maximum Gasteiger partial charge on any atom is 0.122 e. The summed E-state index contributed by atoms with van der Waals surface area (Å²) >= 11 is 0. The van der Waals surface area contributed by atoms with Crippen molar-refractivity contribution in [2.24, 2.45) is 0 Å². The van der Waals surface area contributed by atoms with Crippen molar-refractivity contribution in [3.8, 4) is 11.3 Å². The zero-order chi connectivity index (χ0) is 12.4. The van der Waals surface area contributed by atoms with Crippen molar-refractivity contribution in [3.63, 3.8) is 0 Å². The molecule has 0 bridgehead atoms. The van der Waals surface area contributed by atoms with Crippen LogP contribution in [0, 0.1) is 0 Å². The van der Waals surface area contributed by atoms with Crippen molar-refractivity contribution >= 4 is 5.82 Å². The molecule has 0 saturated carbocycles. The van der Waals surface area contributed by atoms with Gasteiger partial charge in [-0.3, -0.25) is 0 Å². The molecule has 3 rings (SSSR count). The van der Waals surface area contributed by atoms with Crippen molar-refractivity contribution in [2.75, 3.05) is 18.8 Å². The van der Waals surface area contributed by atoms with Crippen LogP contribution in [0.2, 0.25) is 0 Å². The summed E-state index contributed by atoms with van der Waals surface area (Å²) in [6, 6.07) is 12.6. The Morgan fingerprint density at radius 3 is 2.61 bits per heavy atom. The molecule has 0 atom stereocenters. The fourth-order valence-electron chi connectivity index (χ4n) is 2.50. The van der Waals surface area contributed by atoms with E-state index in [4.69, 9.17) is 5.73 Å². The van der Waals surface area contributed by atoms with Gasteiger partial charge in [-0.25, -0.2) is 4.68 Å². The minimum Gasteiger partial charge on any atom is -0.384 e. The Kier molecular flexibility index (Phi) is 3.02. The number of benzene rings is 1. The molecular formula is C14H18N4. The Morgan fingerprint density at radius 2 is 1.89 bits per heavy atom. The summed E-state index contributed by atoms with van der Waals surface area (Å²) in [6.07, 6.45) is 2.19. The molecule has 1 aromatic heterocycles. The Labute approximate surface area is 107 Å². The van der Waals surface area contributed by atoms with E-state index in [1.165, 1.54) is 0 Å². The lowest BCUT2D eigenvalue weighted by molar-refractivity contribution is 0.347. The van der Waals surface area contributed by atoms with Crippen LogP contribution in [0.4, 0.5) is 5.82 Å². The number of nitrogens with two attached hydrogens (primary N) is 1. The molecule has 3 N–H and O–H groups in total. The molecule has 1 saturated heterocycles.